The molecule has 0 spiro atoms. The van der Waals surface area contributed by atoms with Crippen LogP contribution in [0.1, 0.15) is 108 Å². The predicted molar refractivity (Wildman–Crippen MR) is 122 cm³/mol. The summed E-state index contributed by atoms with van der Waals surface area (Å²) in [6, 6.07) is 7.60. The van der Waals surface area contributed by atoms with Crippen LogP contribution in [0.2, 0.25) is 0 Å². The highest BCUT2D eigenvalue weighted by atomic mass is 14.3. The van der Waals surface area contributed by atoms with Crippen LogP contribution in [-0.4, -0.2) is 0 Å². The van der Waals surface area contributed by atoms with Crippen molar-refractivity contribution in [2.75, 3.05) is 0 Å². The summed E-state index contributed by atoms with van der Waals surface area (Å²) in [4.78, 5) is 0. The van der Waals surface area contributed by atoms with E-state index in [0.717, 1.165) is 29.6 Å². The van der Waals surface area contributed by atoms with Gasteiger partial charge in [0.2, 0.25) is 0 Å². The van der Waals surface area contributed by atoms with Crippen molar-refractivity contribution >= 4 is 0 Å². The van der Waals surface area contributed by atoms with Gasteiger partial charge in [-0.2, -0.15) is 0 Å². The lowest BCUT2D eigenvalue weighted by Crippen LogP contribution is -2.21. The Morgan fingerprint density at radius 1 is 0.643 bits per heavy atom. The monoisotopic (exact) mass is 380 g/mol. The van der Waals surface area contributed by atoms with Crippen molar-refractivity contribution in [2.24, 2.45) is 29.6 Å². The first-order chi connectivity index (χ1) is 13.7. The topological polar surface area (TPSA) is 0 Å². The van der Waals surface area contributed by atoms with Gasteiger partial charge in [0.1, 0.15) is 0 Å². The van der Waals surface area contributed by atoms with Gasteiger partial charge in [0, 0.05) is 0 Å². The molecule has 3 aliphatic carbocycles. The van der Waals surface area contributed by atoms with Crippen LogP contribution < -0.4 is 0 Å². The van der Waals surface area contributed by atoms with Crippen LogP contribution in [0, 0.1) is 29.6 Å². The van der Waals surface area contributed by atoms with Crippen molar-refractivity contribution in [2.45, 2.75) is 110 Å². The SMILES string of the molecule is CCC1CCC(Cc2ccc3c(c2)CCC(CC2CCC(CC)CC2)C3)CC1. The number of hydrogen-bond acceptors (Lipinski definition) is 0. The van der Waals surface area contributed by atoms with Crippen molar-refractivity contribution in [3.63, 3.8) is 0 Å². The van der Waals surface area contributed by atoms with Gasteiger partial charge in [0.25, 0.3) is 0 Å². The number of fused-ring (bicyclic) bond motifs is 1. The zero-order valence-electron chi connectivity index (χ0n) is 18.7. The third-order valence-electron chi connectivity index (χ3n) is 8.88. The first kappa shape index (κ1) is 20.5. The van der Waals surface area contributed by atoms with Crippen molar-refractivity contribution in [3.8, 4) is 0 Å². The van der Waals surface area contributed by atoms with Crippen LogP contribution in [-0.2, 0) is 19.3 Å². The van der Waals surface area contributed by atoms with E-state index in [2.05, 4.69) is 32.0 Å². The molecule has 1 unspecified atom stereocenters. The Morgan fingerprint density at radius 2 is 1.25 bits per heavy atom. The minimum absolute atomic E-state index is 0.954. The van der Waals surface area contributed by atoms with Crippen LogP contribution in [0.3, 0.4) is 0 Å². The predicted octanol–water partition coefficient (Wildman–Crippen LogP) is 8.16. The average molecular weight is 381 g/mol. The van der Waals surface area contributed by atoms with E-state index in [0.29, 0.717) is 0 Å². The second-order valence-electron chi connectivity index (χ2n) is 10.7. The zero-order valence-corrected chi connectivity index (χ0v) is 18.7. The lowest BCUT2D eigenvalue weighted by molar-refractivity contribution is 0.224. The molecule has 0 bridgehead atoms. The Balaban J connectivity index is 1.27. The summed E-state index contributed by atoms with van der Waals surface area (Å²) in [5, 5.41) is 0. The quantitative estimate of drug-likeness (QED) is 0.467. The van der Waals surface area contributed by atoms with Crippen molar-refractivity contribution in [1.82, 2.24) is 0 Å². The number of aryl methyl sites for hydroxylation is 1. The van der Waals surface area contributed by atoms with Gasteiger partial charge in [0.15, 0.2) is 0 Å². The largest absolute Gasteiger partial charge is 0.0651 e. The van der Waals surface area contributed by atoms with Crippen LogP contribution in [0.25, 0.3) is 0 Å². The third kappa shape index (κ3) is 5.22. The summed E-state index contributed by atoms with van der Waals surface area (Å²) < 4.78 is 0. The maximum atomic E-state index is 2.60. The first-order valence-electron chi connectivity index (χ1n) is 12.8. The van der Waals surface area contributed by atoms with Crippen LogP contribution in [0.4, 0.5) is 0 Å². The van der Waals surface area contributed by atoms with E-state index in [-0.39, 0.29) is 0 Å². The maximum absolute atomic E-state index is 2.60. The van der Waals surface area contributed by atoms with Gasteiger partial charge in [-0.15, -0.1) is 0 Å². The van der Waals surface area contributed by atoms with Gasteiger partial charge >= 0.3 is 0 Å². The summed E-state index contributed by atoms with van der Waals surface area (Å²) in [7, 11) is 0. The van der Waals surface area contributed by atoms with Crippen LogP contribution in [0.5, 0.6) is 0 Å². The molecule has 2 saturated carbocycles. The van der Waals surface area contributed by atoms with E-state index < -0.39 is 0 Å². The zero-order chi connectivity index (χ0) is 19.3. The molecule has 0 heterocycles. The second-order valence-corrected chi connectivity index (χ2v) is 10.7. The standard InChI is InChI=1S/C28H44/c1-3-21-5-9-23(10-6-21)17-25-13-15-28-20-26(14-16-27(28)19-25)18-24-11-7-22(4-2)8-12-24/h13,15,19,21-24,26H,3-12,14,16-18,20H2,1-2H3. The Labute approximate surface area is 174 Å². The third-order valence-corrected chi connectivity index (χ3v) is 8.88. The fourth-order valence-electron chi connectivity index (χ4n) is 6.74. The van der Waals surface area contributed by atoms with E-state index in [1.54, 1.807) is 16.7 Å². The highest BCUT2D eigenvalue weighted by Gasteiger charge is 2.26. The molecule has 0 radical (unpaired) electrons. The minimum atomic E-state index is 0.954. The van der Waals surface area contributed by atoms with E-state index in [1.165, 1.54) is 96.3 Å². The van der Waals surface area contributed by atoms with Crippen LogP contribution >= 0.6 is 0 Å². The molecular weight excluding hydrogens is 336 g/mol. The van der Waals surface area contributed by atoms with E-state index >= 15 is 0 Å². The maximum Gasteiger partial charge on any atom is -0.0247 e. The minimum Gasteiger partial charge on any atom is -0.0651 e. The molecule has 3 aliphatic rings. The smallest absolute Gasteiger partial charge is 0.0247 e. The highest BCUT2D eigenvalue weighted by molar-refractivity contribution is 5.34. The fraction of sp³-hybridized carbons (Fsp3) is 0.786. The molecule has 0 heteroatoms. The molecule has 0 saturated heterocycles. The summed E-state index contributed by atoms with van der Waals surface area (Å²) >= 11 is 0. The average Bonchev–Trinajstić information content (AvgIpc) is 2.75. The lowest BCUT2D eigenvalue weighted by Gasteiger charge is -2.33. The molecule has 156 valence electrons. The lowest BCUT2D eigenvalue weighted by atomic mass is 9.73. The van der Waals surface area contributed by atoms with Crippen molar-refractivity contribution in [1.29, 1.82) is 0 Å². The number of benzene rings is 1. The van der Waals surface area contributed by atoms with Gasteiger partial charge in [0.05, 0.1) is 0 Å². The van der Waals surface area contributed by atoms with Gasteiger partial charge in [-0.05, 0) is 91.2 Å². The Morgan fingerprint density at radius 3 is 1.89 bits per heavy atom. The normalized spacial score (nSPS) is 33.4. The Kier molecular flexibility index (Phi) is 7.18. The molecule has 4 rings (SSSR count). The molecule has 0 aromatic heterocycles. The number of rotatable bonds is 6. The van der Waals surface area contributed by atoms with Crippen molar-refractivity contribution in [3.05, 3.63) is 34.9 Å². The van der Waals surface area contributed by atoms with E-state index in [9.17, 15) is 0 Å². The molecule has 1 atom stereocenters. The van der Waals surface area contributed by atoms with E-state index in [4.69, 9.17) is 0 Å². The summed E-state index contributed by atoms with van der Waals surface area (Å²) in [6.07, 6.45) is 21.8. The van der Waals surface area contributed by atoms with Crippen LogP contribution in [0.15, 0.2) is 18.2 Å². The molecule has 1 aromatic rings. The molecule has 1 aromatic carbocycles. The highest BCUT2D eigenvalue weighted by Crippen LogP contribution is 2.38. The Hall–Kier alpha value is -0.780. The number of hydrogen-bond donors (Lipinski definition) is 0. The van der Waals surface area contributed by atoms with Gasteiger partial charge in [-0.25, -0.2) is 0 Å². The Bertz CT molecular complexity index is 598. The molecule has 0 N–H and O–H groups in total. The molecule has 2 fully saturated rings. The van der Waals surface area contributed by atoms with Gasteiger partial charge < -0.3 is 0 Å². The summed E-state index contributed by atoms with van der Waals surface area (Å²) in [5.74, 6) is 5.01. The molecule has 28 heavy (non-hydrogen) atoms. The molecule has 0 amide bonds. The molecule has 0 nitrogen and oxygen atoms in total. The van der Waals surface area contributed by atoms with Crippen molar-refractivity contribution < 1.29 is 0 Å². The summed E-state index contributed by atoms with van der Waals surface area (Å²) in [6.45, 7) is 4.76. The first-order valence-corrected chi connectivity index (χ1v) is 12.8. The fourth-order valence-corrected chi connectivity index (χ4v) is 6.74. The molecular formula is C28H44. The second kappa shape index (κ2) is 9.82. The molecule has 0 aliphatic heterocycles. The van der Waals surface area contributed by atoms with Gasteiger partial charge in [-0.3, -0.25) is 0 Å². The van der Waals surface area contributed by atoms with Gasteiger partial charge in [-0.1, -0.05) is 83.4 Å². The van der Waals surface area contributed by atoms with E-state index in [1.807, 2.05) is 0 Å². The summed E-state index contributed by atoms with van der Waals surface area (Å²) in [5.41, 5.74) is 5.03.